The van der Waals surface area contributed by atoms with Gasteiger partial charge in [-0.15, -0.1) is 0 Å². The molecule has 2 rings (SSSR count). The zero-order valence-electron chi connectivity index (χ0n) is 11.2. The molecule has 0 saturated carbocycles. The molecule has 0 unspecified atom stereocenters. The second-order valence-electron chi connectivity index (χ2n) is 4.98. The first-order valence-electron chi connectivity index (χ1n) is 6.57. The number of ether oxygens (including phenoxy) is 1. The summed E-state index contributed by atoms with van der Waals surface area (Å²) in [6.45, 7) is 3.96. The zero-order chi connectivity index (χ0) is 13.0. The largest absolute Gasteiger partial charge is 0.496 e. The van der Waals surface area contributed by atoms with Crippen molar-refractivity contribution >= 4 is 5.78 Å². The summed E-state index contributed by atoms with van der Waals surface area (Å²) in [6, 6.07) is 6.01. The van der Waals surface area contributed by atoms with Gasteiger partial charge in [0.05, 0.1) is 7.11 Å². The van der Waals surface area contributed by atoms with Gasteiger partial charge in [-0.3, -0.25) is 4.79 Å². The third-order valence-electron chi connectivity index (χ3n) is 3.60. The lowest BCUT2D eigenvalue weighted by atomic mass is 9.89. The van der Waals surface area contributed by atoms with Crippen molar-refractivity contribution in [2.45, 2.75) is 26.2 Å². The normalized spacial score (nSPS) is 16.6. The predicted molar refractivity (Wildman–Crippen MR) is 72.0 cm³/mol. The minimum absolute atomic E-state index is 0.219. The van der Waals surface area contributed by atoms with Gasteiger partial charge >= 0.3 is 0 Å². The number of carbonyl (C=O) groups excluding carboxylic acids is 1. The molecule has 0 amide bonds. The highest BCUT2D eigenvalue weighted by atomic mass is 16.5. The predicted octanol–water partition coefficient (Wildman–Crippen LogP) is 2.11. The van der Waals surface area contributed by atoms with Crippen LogP contribution in [0.25, 0.3) is 0 Å². The van der Waals surface area contributed by atoms with E-state index in [-0.39, 0.29) is 5.92 Å². The number of piperidine rings is 1. The number of aryl methyl sites for hydroxylation is 1. The number of benzene rings is 1. The molecule has 1 heterocycles. The van der Waals surface area contributed by atoms with Crippen LogP contribution in [0.4, 0.5) is 0 Å². The molecule has 0 bridgehead atoms. The third kappa shape index (κ3) is 3.10. The van der Waals surface area contributed by atoms with Gasteiger partial charge in [-0.2, -0.15) is 0 Å². The molecule has 18 heavy (non-hydrogen) atoms. The van der Waals surface area contributed by atoms with Crippen molar-refractivity contribution in [3.05, 3.63) is 29.3 Å². The molecule has 0 atom stereocenters. The van der Waals surface area contributed by atoms with E-state index in [1.807, 2.05) is 19.1 Å². The first kappa shape index (κ1) is 13.1. The molecule has 3 nitrogen and oxygen atoms in total. The summed E-state index contributed by atoms with van der Waals surface area (Å²) in [7, 11) is 1.66. The lowest BCUT2D eigenvalue weighted by Crippen LogP contribution is -2.32. The third-order valence-corrected chi connectivity index (χ3v) is 3.60. The Labute approximate surface area is 109 Å². The van der Waals surface area contributed by atoms with E-state index < -0.39 is 0 Å². The lowest BCUT2D eigenvalue weighted by Gasteiger charge is -2.21. The lowest BCUT2D eigenvalue weighted by molar-refractivity contribution is -0.122. The first-order valence-corrected chi connectivity index (χ1v) is 6.57. The van der Waals surface area contributed by atoms with Crippen molar-refractivity contribution in [2.24, 2.45) is 5.92 Å². The molecular formula is C15H21NO2. The van der Waals surface area contributed by atoms with Crippen LogP contribution in [-0.2, 0) is 11.2 Å². The van der Waals surface area contributed by atoms with Crippen molar-refractivity contribution in [3.8, 4) is 5.75 Å². The molecule has 1 aliphatic rings. The van der Waals surface area contributed by atoms with Gasteiger partial charge < -0.3 is 10.1 Å². The average Bonchev–Trinajstić information content (AvgIpc) is 2.40. The van der Waals surface area contributed by atoms with Crippen molar-refractivity contribution in [1.29, 1.82) is 0 Å². The maximum Gasteiger partial charge on any atom is 0.140 e. The number of methoxy groups -OCH3 is 1. The van der Waals surface area contributed by atoms with Crippen LogP contribution in [0.2, 0.25) is 0 Å². The van der Waals surface area contributed by atoms with Gasteiger partial charge in [-0.05, 0) is 38.9 Å². The molecular weight excluding hydrogens is 226 g/mol. The van der Waals surface area contributed by atoms with Gasteiger partial charge in [0.1, 0.15) is 11.5 Å². The van der Waals surface area contributed by atoms with E-state index in [0.717, 1.165) is 37.2 Å². The molecule has 3 heteroatoms. The van der Waals surface area contributed by atoms with E-state index in [2.05, 4.69) is 11.4 Å². The summed E-state index contributed by atoms with van der Waals surface area (Å²) in [5, 5.41) is 3.29. The maximum absolute atomic E-state index is 12.3. The molecule has 1 N–H and O–H groups in total. The number of carbonyl (C=O) groups is 1. The van der Waals surface area contributed by atoms with Crippen LogP contribution in [0.3, 0.4) is 0 Å². The first-order chi connectivity index (χ1) is 8.70. The fourth-order valence-corrected chi connectivity index (χ4v) is 2.52. The molecule has 1 fully saturated rings. The van der Waals surface area contributed by atoms with Crippen molar-refractivity contribution in [3.63, 3.8) is 0 Å². The zero-order valence-corrected chi connectivity index (χ0v) is 11.2. The van der Waals surface area contributed by atoms with Crippen molar-refractivity contribution < 1.29 is 9.53 Å². The van der Waals surface area contributed by atoms with E-state index in [0.29, 0.717) is 12.2 Å². The Bertz CT molecular complexity index is 423. The van der Waals surface area contributed by atoms with E-state index in [1.54, 1.807) is 7.11 Å². The van der Waals surface area contributed by atoms with Crippen LogP contribution in [0.1, 0.15) is 24.0 Å². The van der Waals surface area contributed by atoms with Gasteiger partial charge in [0.25, 0.3) is 0 Å². The van der Waals surface area contributed by atoms with Gasteiger partial charge in [-0.1, -0.05) is 17.7 Å². The fourth-order valence-electron chi connectivity index (χ4n) is 2.52. The van der Waals surface area contributed by atoms with Crippen LogP contribution in [0.5, 0.6) is 5.75 Å². The van der Waals surface area contributed by atoms with Gasteiger partial charge in [0.2, 0.25) is 0 Å². The Morgan fingerprint density at radius 1 is 1.39 bits per heavy atom. The quantitative estimate of drug-likeness (QED) is 0.885. The highest BCUT2D eigenvalue weighted by Gasteiger charge is 2.21. The summed E-state index contributed by atoms with van der Waals surface area (Å²) in [5.74, 6) is 1.39. The average molecular weight is 247 g/mol. The fraction of sp³-hybridized carbons (Fsp3) is 0.533. The summed E-state index contributed by atoms with van der Waals surface area (Å²) in [6.07, 6.45) is 2.43. The smallest absolute Gasteiger partial charge is 0.140 e. The van der Waals surface area contributed by atoms with E-state index in [4.69, 9.17) is 4.74 Å². The molecule has 1 saturated heterocycles. The molecule has 1 aromatic rings. The summed E-state index contributed by atoms with van der Waals surface area (Å²) >= 11 is 0. The second kappa shape index (κ2) is 6.01. The number of hydrogen-bond acceptors (Lipinski definition) is 3. The molecule has 0 radical (unpaired) electrons. The van der Waals surface area contributed by atoms with E-state index >= 15 is 0 Å². The number of rotatable bonds is 4. The van der Waals surface area contributed by atoms with Crippen LogP contribution in [0.15, 0.2) is 18.2 Å². The monoisotopic (exact) mass is 247 g/mol. The maximum atomic E-state index is 12.3. The van der Waals surface area contributed by atoms with Crippen molar-refractivity contribution in [2.75, 3.05) is 20.2 Å². The Morgan fingerprint density at radius 2 is 2.11 bits per heavy atom. The standard InChI is InChI=1S/C15H21NO2/c1-11-3-4-15(18-2)13(9-11)10-14(17)12-5-7-16-8-6-12/h3-4,9,12,16H,5-8,10H2,1-2H3. The minimum Gasteiger partial charge on any atom is -0.496 e. The molecule has 0 aromatic heterocycles. The highest BCUT2D eigenvalue weighted by Crippen LogP contribution is 2.23. The Morgan fingerprint density at radius 3 is 2.78 bits per heavy atom. The number of hydrogen-bond donors (Lipinski definition) is 1. The molecule has 1 aromatic carbocycles. The molecule has 1 aliphatic heterocycles. The van der Waals surface area contributed by atoms with Gasteiger partial charge in [-0.25, -0.2) is 0 Å². The molecule has 98 valence electrons. The minimum atomic E-state index is 0.219. The number of Topliss-reactive ketones (excluding diaryl/α,β-unsaturated/α-hetero) is 1. The van der Waals surface area contributed by atoms with Gasteiger partial charge in [0.15, 0.2) is 0 Å². The number of ketones is 1. The highest BCUT2D eigenvalue weighted by molar-refractivity contribution is 5.84. The second-order valence-corrected chi connectivity index (χ2v) is 4.98. The van der Waals surface area contributed by atoms with Crippen LogP contribution in [-0.4, -0.2) is 26.0 Å². The van der Waals surface area contributed by atoms with Crippen LogP contribution < -0.4 is 10.1 Å². The van der Waals surface area contributed by atoms with Crippen molar-refractivity contribution in [1.82, 2.24) is 5.32 Å². The van der Waals surface area contributed by atoms with E-state index in [1.165, 1.54) is 5.56 Å². The summed E-state index contributed by atoms with van der Waals surface area (Å²) < 4.78 is 5.32. The topological polar surface area (TPSA) is 38.3 Å². The molecule has 0 spiro atoms. The summed E-state index contributed by atoms with van der Waals surface area (Å²) in [5.41, 5.74) is 2.19. The van der Waals surface area contributed by atoms with Crippen LogP contribution in [0, 0.1) is 12.8 Å². The SMILES string of the molecule is COc1ccc(C)cc1CC(=O)C1CCNCC1. The Balaban J connectivity index is 2.07. The van der Waals surface area contributed by atoms with Gasteiger partial charge in [0, 0.05) is 17.9 Å². The Kier molecular flexibility index (Phi) is 4.37. The Hall–Kier alpha value is -1.35. The van der Waals surface area contributed by atoms with Crippen LogP contribution >= 0.6 is 0 Å². The van der Waals surface area contributed by atoms with E-state index in [9.17, 15) is 4.79 Å². The molecule has 0 aliphatic carbocycles. The number of nitrogens with one attached hydrogen (secondary N) is 1. The summed E-state index contributed by atoms with van der Waals surface area (Å²) in [4.78, 5) is 12.3.